The lowest BCUT2D eigenvalue weighted by molar-refractivity contribution is 1.65. The van der Waals surface area contributed by atoms with E-state index < -0.39 is 0 Å². The topological polar surface area (TPSA) is 0 Å². The Balaban J connectivity index is 1.35. The molecule has 0 amide bonds. The van der Waals surface area contributed by atoms with Gasteiger partial charge in [0.1, 0.15) is 0 Å². The summed E-state index contributed by atoms with van der Waals surface area (Å²) in [5, 5.41) is 10.2. The van der Waals surface area contributed by atoms with Crippen LogP contribution in [0, 0.1) is 0 Å². The Bertz CT molecular complexity index is 2210. The second-order valence-corrected chi connectivity index (χ2v) is 10.5. The predicted octanol–water partition coefficient (Wildman–Crippen LogP) is 11.3. The van der Waals surface area contributed by atoms with Gasteiger partial charge in [-0.05, 0) is 82.5 Å². The Labute approximate surface area is 233 Å². The molecule has 186 valence electrons. The third-order valence-electron chi connectivity index (χ3n) is 8.28. The summed E-state index contributed by atoms with van der Waals surface area (Å²) in [6, 6.07) is 57.6. The van der Waals surface area contributed by atoms with Gasteiger partial charge in [-0.1, -0.05) is 152 Å². The smallest absolute Gasteiger partial charge is 0.00987 e. The summed E-state index contributed by atoms with van der Waals surface area (Å²) < 4.78 is 0. The monoisotopic (exact) mass is 506 g/mol. The Morgan fingerprint density at radius 1 is 0.225 bits per heavy atom. The number of hydrogen-bond donors (Lipinski definition) is 0. The molecule has 0 aliphatic carbocycles. The summed E-state index contributed by atoms with van der Waals surface area (Å²) >= 11 is 0. The van der Waals surface area contributed by atoms with Crippen molar-refractivity contribution in [3.8, 4) is 33.4 Å². The fourth-order valence-corrected chi connectivity index (χ4v) is 6.37. The fraction of sp³-hybridized carbons (Fsp3) is 0. The molecule has 0 aliphatic rings. The lowest BCUT2D eigenvalue weighted by Crippen LogP contribution is -1.90. The number of rotatable bonds is 3. The van der Waals surface area contributed by atoms with Crippen molar-refractivity contribution in [2.75, 3.05) is 0 Å². The van der Waals surface area contributed by atoms with E-state index in [4.69, 9.17) is 0 Å². The Hall–Kier alpha value is -5.20. The van der Waals surface area contributed by atoms with Crippen LogP contribution < -0.4 is 0 Å². The average Bonchev–Trinajstić information content (AvgIpc) is 3.03. The minimum absolute atomic E-state index is 1.25. The molecule has 0 bridgehead atoms. The molecule has 0 aromatic heterocycles. The highest BCUT2D eigenvalue weighted by molar-refractivity contribution is 6.14. The van der Waals surface area contributed by atoms with E-state index >= 15 is 0 Å². The molecule has 0 heterocycles. The van der Waals surface area contributed by atoms with E-state index in [0.29, 0.717) is 0 Å². The van der Waals surface area contributed by atoms with Crippen LogP contribution in [0.1, 0.15) is 0 Å². The Morgan fingerprint density at radius 2 is 0.650 bits per heavy atom. The van der Waals surface area contributed by atoms with Crippen LogP contribution in [-0.4, -0.2) is 0 Å². The van der Waals surface area contributed by atoms with E-state index in [2.05, 4.69) is 158 Å². The maximum Gasteiger partial charge on any atom is -0.00987 e. The van der Waals surface area contributed by atoms with Gasteiger partial charge >= 0.3 is 0 Å². The van der Waals surface area contributed by atoms with Gasteiger partial charge in [-0.3, -0.25) is 0 Å². The van der Waals surface area contributed by atoms with Crippen LogP contribution in [0.5, 0.6) is 0 Å². The van der Waals surface area contributed by atoms with E-state index in [1.807, 2.05) is 0 Å². The van der Waals surface area contributed by atoms with Crippen LogP contribution in [0.25, 0.3) is 76.5 Å². The number of benzene rings is 8. The van der Waals surface area contributed by atoms with Crippen LogP contribution >= 0.6 is 0 Å². The molecule has 0 N–H and O–H groups in total. The van der Waals surface area contributed by atoms with Crippen LogP contribution in [0.15, 0.2) is 158 Å². The van der Waals surface area contributed by atoms with Gasteiger partial charge in [0.2, 0.25) is 0 Å². The van der Waals surface area contributed by atoms with Gasteiger partial charge in [0.15, 0.2) is 0 Å². The summed E-state index contributed by atoms with van der Waals surface area (Å²) in [7, 11) is 0. The summed E-state index contributed by atoms with van der Waals surface area (Å²) in [4.78, 5) is 0. The van der Waals surface area contributed by atoms with Crippen molar-refractivity contribution in [3.63, 3.8) is 0 Å². The van der Waals surface area contributed by atoms with E-state index in [9.17, 15) is 0 Å². The summed E-state index contributed by atoms with van der Waals surface area (Å²) in [5.74, 6) is 0. The predicted molar refractivity (Wildman–Crippen MR) is 173 cm³/mol. The van der Waals surface area contributed by atoms with Crippen LogP contribution in [0.3, 0.4) is 0 Å². The maximum atomic E-state index is 2.32. The number of hydrogen-bond acceptors (Lipinski definition) is 0. The molecule has 0 atom stereocenters. The standard InChI is InChI=1S/C40H26/c1-2-12-29-26-30(21-20-27(29)10-1)32-22-23-39(35-16-6-5-15-33(32)35)40-25-24-38(36-17-7-8-18-37(36)40)34-19-9-13-28-11-3-4-14-31(28)34/h1-26H. The van der Waals surface area contributed by atoms with E-state index in [1.165, 1.54) is 76.5 Å². The molecule has 0 saturated carbocycles. The Morgan fingerprint density at radius 3 is 1.27 bits per heavy atom. The molecular formula is C40H26. The molecule has 0 heteroatoms. The minimum atomic E-state index is 1.25. The molecule has 0 saturated heterocycles. The SMILES string of the molecule is c1ccc2cc(-c3ccc(-c4ccc(-c5cccc6ccccc56)c5ccccc45)c4ccccc34)ccc2c1. The fourth-order valence-electron chi connectivity index (χ4n) is 6.37. The lowest BCUT2D eigenvalue weighted by Gasteiger charge is -2.17. The van der Waals surface area contributed by atoms with Gasteiger partial charge in [-0.2, -0.15) is 0 Å². The molecule has 0 nitrogen and oxygen atoms in total. The van der Waals surface area contributed by atoms with Crippen LogP contribution in [-0.2, 0) is 0 Å². The minimum Gasteiger partial charge on any atom is -0.0616 e. The zero-order chi connectivity index (χ0) is 26.5. The van der Waals surface area contributed by atoms with Crippen molar-refractivity contribution in [3.05, 3.63) is 158 Å². The molecule has 8 aromatic rings. The lowest BCUT2D eigenvalue weighted by atomic mass is 9.87. The highest BCUT2D eigenvalue weighted by Gasteiger charge is 2.15. The van der Waals surface area contributed by atoms with Crippen molar-refractivity contribution >= 4 is 43.1 Å². The summed E-state index contributed by atoms with van der Waals surface area (Å²) in [5.41, 5.74) is 7.59. The summed E-state index contributed by atoms with van der Waals surface area (Å²) in [6.45, 7) is 0. The van der Waals surface area contributed by atoms with Crippen LogP contribution in [0.2, 0.25) is 0 Å². The first-order valence-corrected chi connectivity index (χ1v) is 13.9. The first-order valence-electron chi connectivity index (χ1n) is 13.9. The second-order valence-electron chi connectivity index (χ2n) is 10.5. The highest BCUT2D eigenvalue weighted by atomic mass is 14.2. The zero-order valence-corrected chi connectivity index (χ0v) is 22.0. The second kappa shape index (κ2) is 9.22. The summed E-state index contributed by atoms with van der Waals surface area (Å²) in [6.07, 6.45) is 0. The molecule has 0 aliphatic heterocycles. The van der Waals surface area contributed by atoms with Gasteiger partial charge in [0.25, 0.3) is 0 Å². The first-order chi connectivity index (χ1) is 19.8. The third kappa shape index (κ3) is 3.61. The Kier molecular flexibility index (Phi) is 5.24. The van der Waals surface area contributed by atoms with Gasteiger partial charge in [-0.25, -0.2) is 0 Å². The maximum absolute atomic E-state index is 2.32. The van der Waals surface area contributed by atoms with Gasteiger partial charge < -0.3 is 0 Å². The van der Waals surface area contributed by atoms with Crippen molar-refractivity contribution in [2.24, 2.45) is 0 Å². The van der Waals surface area contributed by atoms with Crippen molar-refractivity contribution in [1.82, 2.24) is 0 Å². The molecular weight excluding hydrogens is 480 g/mol. The molecule has 0 spiro atoms. The van der Waals surface area contributed by atoms with E-state index in [1.54, 1.807) is 0 Å². The molecule has 40 heavy (non-hydrogen) atoms. The van der Waals surface area contributed by atoms with Crippen LogP contribution in [0.4, 0.5) is 0 Å². The molecule has 8 rings (SSSR count). The molecule has 0 unspecified atom stereocenters. The van der Waals surface area contributed by atoms with Crippen molar-refractivity contribution < 1.29 is 0 Å². The average molecular weight is 507 g/mol. The van der Waals surface area contributed by atoms with Crippen molar-refractivity contribution in [2.45, 2.75) is 0 Å². The number of fused-ring (bicyclic) bond motifs is 4. The van der Waals surface area contributed by atoms with Gasteiger partial charge in [-0.15, -0.1) is 0 Å². The first kappa shape index (κ1) is 22.8. The largest absolute Gasteiger partial charge is 0.0616 e. The van der Waals surface area contributed by atoms with E-state index in [0.717, 1.165) is 0 Å². The quantitative estimate of drug-likeness (QED) is 0.223. The van der Waals surface area contributed by atoms with Gasteiger partial charge in [0.05, 0.1) is 0 Å². The normalized spacial score (nSPS) is 11.5. The van der Waals surface area contributed by atoms with E-state index in [-0.39, 0.29) is 0 Å². The third-order valence-corrected chi connectivity index (χ3v) is 8.28. The molecule has 0 radical (unpaired) electrons. The zero-order valence-electron chi connectivity index (χ0n) is 22.0. The molecule has 8 aromatic carbocycles. The van der Waals surface area contributed by atoms with Crippen molar-refractivity contribution in [1.29, 1.82) is 0 Å². The highest BCUT2D eigenvalue weighted by Crippen LogP contribution is 2.42. The molecule has 0 fully saturated rings. The van der Waals surface area contributed by atoms with Gasteiger partial charge in [0, 0.05) is 0 Å².